The lowest BCUT2D eigenvalue weighted by Gasteiger charge is -2.24. The van der Waals surface area contributed by atoms with Gasteiger partial charge in [0.2, 0.25) is 0 Å². The standard InChI is InChI=1S/C9H14ClN3O/c1-6-11-7(10)4-8(12-6)13-9(2,3)5-14/h4,14H,5H2,1-3H3,(H,11,12,13). The van der Waals surface area contributed by atoms with Gasteiger partial charge in [-0.2, -0.15) is 0 Å². The van der Waals surface area contributed by atoms with Crippen molar-refractivity contribution in [2.75, 3.05) is 11.9 Å². The van der Waals surface area contributed by atoms with Crippen molar-refractivity contribution in [3.05, 3.63) is 17.0 Å². The zero-order valence-electron chi connectivity index (χ0n) is 8.50. The number of hydrogen-bond acceptors (Lipinski definition) is 4. The first-order valence-electron chi connectivity index (χ1n) is 4.33. The van der Waals surface area contributed by atoms with Crippen molar-refractivity contribution in [2.24, 2.45) is 0 Å². The summed E-state index contributed by atoms with van der Waals surface area (Å²) in [7, 11) is 0. The van der Waals surface area contributed by atoms with Crippen molar-refractivity contribution >= 4 is 17.4 Å². The number of hydrogen-bond donors (Lipinski definition) is 2. The molecule has 0 saturated carbocycles. The summed E-state index contributed by atoms with van der Waals surface area (Å²) >= 11 is 5.77. The predicted octanol–water partition coefficient (Wildman–Crippen LogP) is 1.62. The Kier molecular flexibility index (Phi) is 3.29. The Balaban J connectivity index is 2.87. The first kappa shape index (κ1) is 11.2. The number of aromatic nitrogens is 2. The van der Waals surface area contributed by atoms with Gasteiger partial charge in [0, 0.05) is 6.07 Å². The maximum Gasteiger partial charge on any atom is 0.134 e. The Morgan fingerprint density at radius 2 is 2.14 bits per heavy atom. The minimum absolute atomic E-state index is 0.0215. The smallest absolute Gasteiger partial charge is 0.134 e. The molecule has 2 N–H and O–H groups in total. The molecule has 14 heavy (non-hydrogen) atoms. The molecule has 0 saturated heterocycles. The molecule has 0 aromatic carbocycles. The second-order valence-corrected chi connectivity index (χ2v) is 4.18. The Morgan fingerprint density at radius 1 is 1.50 bits per heavy atom. The van der Waals surface area contributed by atoms with Crippen LogP contribution in [0, 0.1) is 6.92 Å². The van der Waals surface area contributed by atoms with E-state index in [1.54, 1.807) is 13.0 Å². The van der Waals surface area contributed by atoms with E-state index >= 15 is 0 Å². The Hall–Kier alpha value is -0.870. The second kappa shape index (κ2) is 4.11. The lowest BCUT2D eigenvalue weighted by Crippen LogP contribution is -2.35. The van der Waals surface area contributed by atoms with E-state index in [-0.39, 0.29) is 6.61 Å². The Labute approximate surface area is 88.3 Å². The van der Waals surface area contributed by atoms with E-state index in [0.717, 1.165) is 0 Å². The van der Waals surface area contributed by atoms with Gasteiger partial charge >= 0.3 is 0 Å². The summed E-state index contributed by atoms with van der Waals surface area (Å²) in [5, 5.41) is 12.5. The van der Waals surface area contributed by atoms with E-state index in [9.17, 15) is 0 Å². The van der Waals surface area contributed by atoms with Crippen LogP contribution in [-0.2, 0) is 0 Å². The molecule has 1 heterocycles. The molecule has 0 aliphatic heterocycles. The van der Waals surface area contributed by atoms with Crippen LogP contribution in [0.2, 0.25) is 5.15 Å². The van der Waals surface area contributed by atoms with Crippen LogP contribution in [0.1, 0.15) is 19.7 Å². The average Bonchev–Trinajstić information content (AvgIpc) is 2.01. The number of nitrogens with one attached hydrogen (secondary N) is 1. The van der Waals surface area contributed by atoms with E-state index in [1.807, 2.05) is 13.8 Å². The Morgan fingerprint density at radius 3 is 2.64 bits per heavy atom. The van der Waals surface area contributed by atoms with Crippen molar-refractivity contribution in [1.29, 1.82) is 0 Å². The van der Waals surface area contributed by atoms with Crippen LogP contribution < -0.4 is 5.32 Å². The van der Waals surface area contributed by atoms with E-state index < -0.39 is 5.54 Å². The van der Waals surface area contributed by atoms with Crippen molar-refractivity contribution in [1.82, 2.24) is 9.97 Å². The van der Waals surface area contributed by atoms with Gasteiger partial charge in [-0.15, -0.1) is 0 Å². The third-order valence-corrected chi connectivity index (χ3v) is 1.86. The largest absolute Gasteiger partial charge is 0.394 e. The molecule has 0 aliphatic rings. The second-order valence-electron chi connectivity index (χ2n) is 3.79. The van der Waals surface area contributed by atoms with Crippen molar-refractivity contribution < 1.29 is 5.11 Å². The van der Waals surface area contributed by atoms with E-state index in [0.29, 0.717) is 16.8 Å². The highest BCUT2D eigenvalue weighted by molar-refractivity contribution is 6.29. The molecule has 1 aromatic rings. The van der Waals surface area contributed by atoms with Crippen LogP contribution in [0.25, 0.3) is 0 Å². The molecule has 0 unspecified atom stereocenters. The van der Waals surface area contributed by atoms with Gasteiger partial charge in [0.15, 0.2) is 0 Å². The molecule has 0 atom stereocenters. The summed E-state index contributed by atoms with van der Waals surface area (Å²) in [6.07, 6.45) is 0. The van der Waals surface area contributed by atoms with Gasteiger partial charge in [0.1, 0.15) is 16.8 Å². The molecule has 0 fully saturated rings. The highest BCUT2D eigenvalue weighted by Gasteiger charge is 2.16. The summed E-state index contributed by atoms with van der Waals surface area (Å²) < 4.78 is 0. The third kappa shape index (κ3) is 3.12. The summed E-state index contributed by atoms with van der Waals surface area (Å²) in [6, 6.07) is 1.63. The molecule has 0 spiro atoms. The molecule has 4 nitrogen and oxygen atoms in total. The van der Waals surface area contributed by atoms with Gasteiger partial charge in [-0.05, 0) is 20.8 Å². The first-order chi connectivity index (χ1) is 6.43. The SMILES string of the molecule is Cc1nc(Cl)cc(NC(C)(C)CO)n1. The molecule has 5 heteroatoms. The lowest BCUT2D eigenvalue weighted by atomic mass is 10.1. The minimum Gasteiger partial charge on any atom is -0.394 e. The van der Waals surface area contributed by atoms with Gasteiger partial charge in [-0.25, -0.2) is 9.97 Å². The molecular weight excluding hydrogens is 202 g/mol. The summed E-state index contributed by atoms with van der Waals surface area (Å²) in [5.74, 6) is 1.23. The molecule has 1 rings (SSSR count). The van der Waals surface area contributed by atoms with Crippen LogP contribution >= 0.6 is 11.6 Å². The van der Waals surface area contributed by atoms with Crippen LogP contribution in [0.15, 0.2) is 6.07 Å². The Bertz CT molecular complexity index is 308. The number of anilines is 1. The molecular formula is C9H14ClN3O. The van der Waals surface area contributed by atoms with Crippen LogP contribution in [0.3, 0.4) is 0 Å². The summed E-state index contributed by atoms with van der Waals surface area (Å²) in [5.41, 5.74) is -0.413. The number of rotatable bonds is 3. The number of nitrogens with zero attached hydrogens (tertiary/aromatic N) is 2. The number of aliphatic hydroxyl groups excluding tert-OH is 1. The van der Waals surface area contributed by atoms with Gasteiger partial charge < -0.3 is 10.4 Å². The topological polar surface area (TPSA) is 58.0 Å². The van der Waals surface area contributed by atoms with Gasteiger partial charge in [0.25, 0.3) is 0 Å². The van der Waals surface area contributed by atoms with Crippen LogP contribution in [0.5, 0.6) is 0 Å². The van der Waals surface area contributed by atoms with Gasteiger partial charge in [-0.3, -0.25) is 0 Å². The maximum atomic E-state index is 9.06. The van der Waals surface area contributed by atoms with Crippen LogP contribution in [0.4, 0.5) is 5.82 Å². The first-order valence-corrected chi connectivity index (χ1v) is 4.71. The zero-order chi connectivity index (χ0) is 10.8. The van der Waals surface area contributed by atoms with Crippen molar-refractivity contribution in [3.8, 4) is 0 Å². The predicted molar refractivity (Wildman–Crippen MR) is 56.6 cm³/mol. The van der Waals surface area contributed by atoms with Gasteiger partial charge in [0.05, 0.1) is 12.1 Å². The van der Waals surface area contributed by atoms with Gasteiger partial charge in [-0.1, -0.05) is 11.6 Å². The molecule has 0 bridgehead atoms. The molecule has 1 aromatic heterocycles. The van der Waals surface area contributed by atoms with E-state index in [1.165, 1.54) is 0 Å². The maximum absolute atomic E-state index is 9.06. The number of aliphatic hydroxyl groups is 1. The fourth-order valence-corrected chi connectivity index (χ4v) is 1.21. The highest BCUT2D eigenvalue weighted by Crippen LogP contribution is 2.15. The van der Waals surface area contributed by atoms with E-state index in [2.05, 4.69) is 15.3 Å². The van der Waals surface area contributed by atoms with Crippen molar-refractivity contribution in [2.45, 2.75) is 26.3 Å². The average molecular weight is 216 g/mol. The van der Waals surface area contributed by atoms with Crippen LogP contribution in [-0.4, -0.2) is 27.2 Å². The molecule has 0 radical (unpaired) electrons. The monoisotopic (exact) mass is 215 g/mol. The quantitative estimate of drug-likeness (QED) is 0.753. The fourth-order valence-electron chi connectivity index (χ4n) is 0.982. The zero-order valence-corrected chi connectivity index (χ0v) is 9.26. The van der Waals surface area contributed by atoms with E-state index in [4.69, 9.17) is 16.7 Å². The van der Waals surface area contributed by atoms with Crippen molar-refractivity contribution in [3.63, 3.8) is 0 Å². The number of halogens is 1. The third-order valence-electron chi connectivity index (χ3n) is 1.67. The fraction of sp³-hybridized carbons (Fsp3) is 0.556. The molecule has 78 valence electrons. The molecule has 0 amide bonds. The highest BCUT2D eigenvalue weighted by atomic mass is 35.5. The summed E-state index contributed by atoms with van der Waals surface area (Å²) in [4.78, 5) is 8.09. The molecule has 0 aliphatic carbocycles. The number of aryl methyl sites for hydroxylation is 1. The lowest BCUT2D eigenvalue weighted by molar-refractivity contribution is 0.234. The summed E-state index contributed by atoms with van der Waals surface area (Å²) in [6.45, 7) is 5.54. The normalized spacial score (nSPS) is 11.5. The minimum atomic E-state index is -0.413.